The van der Waals surface area contributed by atoms with Crippen molar-refractivity contribution in [3.63, 3.8) is 0 Å². The van der Waals surface area contributed by atoms with E-state index in [-0.39, 0.29) is 13.0 Å². The Hall–Kier alpha value is -4.05. The number of rotatable bonds is 5. The topological polar surface area (TPSA) is 83.8 Å². The fourth-order valence-corrected chi connectivity index (χ4v) is 3.40. The molecular weight excluding hydrogens is 410 g/mol. The van der Waals surface area contributed by atoms with E-state index in [0.717, 1.165) is 5.56 Å². The van der Waals surface area contributed by atoms with E-state index in [9.17, 15) is 14.4 Å². The molecule has 3 rings (SSSR count). The number of carbonyl (C=O) groups is 3. The highest BCUT2D eigenvalue weighted by Gasteiger charge is 2.31. The van der Waals surface area contributed by atoms with Gasteiger partial charge in [-0.2, -0.15) is 0 Å². The highest BCUT2D eigenvalue weighted by atomic mass is 16.6. The molecule has 1 heterocycles. The van der Waals surface area contributed by atoms with Crippen molar-refractivity contribution in [3.8, 4) is 11.8 Å². The first-order valence-electron chi connectivity index (χ1n) is 10.0. The number of ether oxygens (including phenoxy) is 3. The molecule has 0 saturated carbocycles. The average Bonchev–Trinajstić information content (AvgIpc) is 3.20. The summed E-state index contributed by atoms with van der Waals surface area (Å²) in [6.45, 7) is 1.92. The molecule has 0 aliphatic rings. The maximum Gasteiger partial charge on any atom is 0.418 e. The smallest absolute Gasteiger partial charge is 0.418 e. The van der Waals surface area contributed by atoms with Gasteiger partial charge in [-0.1, -0.05) is 36.1 Å². The second-order valence-electron chi connectivity index (χ2n) is 6.84. The Morgan fingerprint density at radius 1 is 0.938 bits per heavy atom. The van der Waals surface area contributed by atoms with E-state index in [1.54, 1.807) is 25.3 Å². The molecule has 0 aliphatic heterocycles. The zero-order chi connectivity index (χ0) is 23.1. The molecule has 7 nitrogen and oxygen atoms in total. The van der Waals surface area contributed by atoms with E-state index in [1.807, 2.05) is 36.4 Å². The summed E-state index contributed by atoms with van der Waals surface area (Å²) in [6, 6.07) is 14.8. The SMILES string of the molecule is CCOC(=O)n1cc(CC(C(=O)OC)C(=O)OC)c2c(C#Cc3ccccc3)cccc21. The monoisotopic (exact) mass is 433 g/mol. The lowest BCUT2D eigenvalue weighted by molar-refractivity contribution is -0.158. The van der Waals surface area contributed by atoms with E-state index in [1.165, 1.54) is 18.8 Å². The summed E-state index contributed by atoms with van der Waals surface area (Å²) in [5, 5.41) is 0.654. The lowest BCUT2D eigenvalue weighted by Crippen LogP contribution is -2.28. The Labute approximate surface area is 185 Å². The largest absolute Gasteiger partial charge is 0.468 e. The highest BCUT2D eigenvalue weighted by molar-refractivity contribution is 5.98. The fourth-order valence-electron chi connectivity index (χ4n) is 3.40. The Morgan fingerprint density at radius 2 is 1.62 bits per heavy atom. The second-order valence-corrected chi connectivity index (χ2v) is 6.84. The van der Waals surface area contributed by atoms with Crippen LogP contribution < -0.4 is 0 Å². The summed E-state index contributed by atoms with van der Waals surface area (Å²) in [5.74, 6) is 3.63. The number of esters is 2. The summed E-state index contributed by atoms with van der Waals surface area (Å²) < 4.78 is 16.1. The van der Waals surface area contributed by atoms with E-state index in [2.05, 4.69) is 11.8 Å². The van der Waals surface area contributed by atoms with E-state index < -0.39 is 23.9 Å². The molecule has 1 aromatic heterocycles. The number of hydrogen-bond donors (Lipinski definition) is 0. The number of carbonyl (C=O) groups excluding carboxylic acids is 3. The van der Waals surface area contributed by atoms with Crippen molar-refractivity contribution in [3.05, 3.63) is 71.4 Å². The first-order valence-corrected chi connectivity index (χ1v) is 10.0. The molecule has 7 heteroatoms. The summed E-state index contributed by atoms with van der Waals surface area (Å²) >= 11 is 0. The molecule has 0 amide bonds. The lowest BCUT2D eigenvalue weighted by Gasteiger charge is -2.12. The normalized spacial score (nSPS) is 10.4. The molecule has 0 spiro atoms. The molecule has 164 valence electrons. The van der Waals surface area contributed by atoms with Gasteiger partial charge in [0.1, 0.15) is 0 Å². The van der Waals surface area contributed by atoms with Gasteiger partial charge in [0.2, 0.25) is 0 Å². The number of methoxy groups -OCH3 is 2. The van der Waals surface area contributed by atoms with Crippen LogP contribution in [0, 0.1) is 17.8 Å². The number of fused-ring (bicyclic) bond motifs is 1. The van der Waals surface area contributed by atoms with Crippen molar-refractivity contribution in [2.75, 3.05) is 20.8 Å². The first-order chi connectivity index (χ1) is 15.5. The predicted octanol–water partition coefficient (Wildman–Crippen LogP) is 3.55. The molecule has 0 saturated heterocycles. The minimum atomic E-state index is -1.18. The molecule has 3 aromatic rings. The lowest BCUT2D eigenvalue weighted by atomic mass is 9.96. The van der Waals surface area contributed by atoms with Crippen LogP contribution in [0.3, 0.4) is 0 Å². The Balaban J connectivity index is 2.17. The van der Waals surface area contributed by atoms with Gasteiger partial charge in [-0.25, -0.2) is 4.79 Å². The van der Waals surface area contributed by atoms with Crippen LogP contribution in [-0.2, 0) is 30.2 Å². The van der Waals surface area contributed by atoms with Crippen molar-refractivity contribution >= 4 is 28.9 Å². The maximum absolute atomic E-state index is 12.5. The van der Waals surface area contributed by atoms with Crippen LogP contribution in [0.15, 0.2) is 54.7 Å². The average molecular weight is 433 g/mol. The molecule has 0 fully saturated rings. The van der Waals surface area contributed by atoms with Crippen LogP contribution in [0.2, 0.25) is 0 Å². The van der Waals surface area contributed by atoms with Gasteiger partial charge in [-0.3, -0.25) is 14.2 Å². The van der Waals surface area contributed by atoms with Crippen LogP contribution in [-0.4, -0.2) is 43.4 Å². The Bertz CT molecular complexity index is 1180. The molecule has 0 N–H and O–H groups in total. The van der Waals surface area contributed by atoms with E-state index in [0.29, 0.717) is 22.0 Å². The first kappa shape index (κ1) is 22.6. The van der Waals surface area contributed by atoms with Gasteiger partial charge in [0.05, 0.1) is 26.3 Å². The van der Waals surface area contributed by atoms with Crippen LogP contribution in [0.1, 0.15) is 23.6 Å². The fraction of sp³-hybridized carbons (Fsp3) is 0.240. The summed E-state index contributed by atoms with van der Waals surface area (Å²) in [5.41, 5.74) is 2.62. The van der Waals surface area contributed by atoms with Gasteiger partial charge in [0.25, 0.3) is 0 Å². The second kappa shape index (κ2) is 10.3. The summed E-state index contributed by atoms with van der Waals surface area (Å²) in [6.07, 6.45) is 0.978. The van der Waals surface area contributed by atoms with E-state index >= 15 is 0 Å². The van der Waals surface area contributed by atoms with Crippen molar-refractivity contribution < 1.29 is 28.6 Å². The van der Waals surface area contributed by atoms with Crippen LogP contribution >= 0.6 is 0 Å². The molecule has 0 radical (unpaired) electrons. The van der Waals surface area contributed by atoms with Crippen LogP contribution in [0.4, 0.5) is 4.79 Å². The minimum Gasteiger partial charge on any atom is -0.468 e. The van der Waals surface area contributed by atoms with Crippen molar-refractivity contribution in [2.45, 2.75) is 13.3 Å². The number of hydrogen-bond acceptors (Lipinski definition) is 6. The van der Waals surface area contributed by atoms with Gasteiger partial charge in [-0.15, -0.1) is 0 Å². The van der Waals surface area contributed by atoms with Crippen LogP contribution in [0.25, 0.3) is 10.9 Å². The maximum atomic E-state index is 12.5. The van der Waals surface area contributed by atoms with Gasteiger partial charge in [-0.05, 0) is 43.2 Å². The number of nitrogens with zero attached hydrogens (tertiary/aromatic N) is 1. The summed E-state index contributed by atoms with van der Waals surface area (Å²) in [7, 11) is 2.41. The zero-order valence-electron chi connectivity index (χ0n) is 18.1. The Kier molecular flexibility index (Phi) is 7.29. The zero-order valence-corrected chi connectivity index (χ0v) is 18.1. The molecule has 0 bridgehead atoms. The third-order valence-corrected chi connectivity index (χ3v) is 4.88. The molecule has 2 aromatic carbocycles. The van der Waals surface area contributed by atoms with Gasteiger partial charge >= 0.3 is 18.0 Å². The summed E-state index contributed by atoms with van der Waals surface area (Å²) in [4.78, 5) is 37.0. The molecular formula is C25H23NO6. The van der Waals surface area contributed by atoms with Gasteiger partial charge in [0.15, 0.2) is 5.92 Å². The third-order valence-electron chi connectivity index (χ3n) is 4.88. The highest BCUT2D eigenvalue weighted by Crippen LogP contribution is 2.28. The minimum absolute atomic E-state index is 0.0215. The molecule has 0 unspecified atom stereocenters. The Morgan fingerprint density at radius 3 is 2.25 bits per heavy atom. The van der Waals surface area contributed by atoms with Crippen molar-refractivity contribution in [2.24, 2.45) is 5.92 Å². The standard InChI is InChI=1S/C25H23NO6/c1-4-32-25(29)26-16-19(15-20(23(27)30-2)24(28)31-3)22-18(11-8-12-21(22)26)14-13-17-9-6-5-7-10-17/h5-12,16,20H,4,15H2,1-3H3. The van der Waals surface area contributed by atoms with Gasteiger partial charge < -0.3 is 14.2 Å². The molecule has 32 heavy (non-hydrogen) atoms. The van der Waals surface area contributed by atoms with Crippen molar-refractivity contribution in [1.82, 2.24) is 4.57 Å². The third kappa shape index (κ3) is 4.81. The predicted molar refractivity (Wildman–Crippen MR) is 118 cm³/mol. The number of aromatic nitrogens is 1. The quantitative estimate of drug-likeness (QED) is 0.265. The number of benzene rings is 2. The molecule has 0 aliphatic carbocycles. The molecule has 0 atom stereocenters. The van der Waals surface area contributed by atoms with Crippen LogP contribution in [0.5, 0.6) is 0 Å². The van der Waals surface area contributed by atoms with E-state index in [4.69, 9.17) is 14.2 Å². The van der Waals surface area contributed by atoms with Crippen molar-refractivity contribution in [1.29, 1.82) is 0 Å². The van der Waals surface area contributed by atoms with Gasteiger partial charge in [0, 0.05) is 22.7 Å².